The highest BCUT2D eigenvalue weighted by Gasteiger charge is 2.19. The van der Waals surface area contributed by atoms with Gasteiger partial charge in [0.1, 0.15) is 5.82 Å². The van der Waals surface area contributed by atoms with Crippen LogP contribution in [0.4, 0.5) is 10.1 Å². The molecule has 0 radical (unpaired) electrons. The summed E-state index contributed by atoms with van der Waals surface area (Å²) in [5.41, 5.74) is 6.81. The molecule has 0 unspecified atom stereocenters. The smallest absolute Gasteiger partial charge is 0.172 e. The van der Waals surface area contributed by atoms with E-state index in [0.717, 1.165) is 38.3 Å². The van der Waals surface area contributed by atoms with Crippen molar-refractivity contribution in [2.45, 2.75) is 6.42 Å². The van der Waals surface area contributed by atoms with E-state index in [4.69, 9.17) is 16.0 Å². The van der Waals surface area contributed by atoms with Crippen LogP contribution in [0.5, 0.6) is 0 Å². The van der Waals surface area contributed by atoms with Gasteiger partial charge in [0.05, 0.1) is 6.61 Å². The molecule has 0 amide bonds. The van der Waals surface area contributed by atoms with Crippen LogP contribution in [-0.2, 0) is 0 Å². The number of aliphatic hydroxyl groups is 1. The number of amidine groups is 1. The van der Waals surface area contributed by atoms with Crippen LogP contribution in [0, 0.1) is 5.82 Å². The summed E-state index contributed by atoms with van der Waals surface area (Å²) in [6.45, 7) is 4.08. The van der Waals surface area contributed by atoms with Crippen molar-refractivity contribution < 1.29 is 14.7 Å². The van der Waals surface area contributed by atoms with Crippen molar-refractivity contribution >= 4 is 11.5 Å². The second-order valence-corrected chi connectivity index (χ2v) is 5.05. The molecular formula is C14H21FN4O2. The van der Waals surface area contributed by atoms with E-state index in [2.05, 4.69) is 15.0 Å². The van der Waals surface area contributed by atoms with Gasteiger partial charge in [-0.15, -0.1) is 0 Å². The van der Waals surface area contributed by atoms with E-state index in [9.17, 15) is 4.39 Å². The van der Waals surface area contributed by atoms with E-state index in [0.29, 0.717) is 12.1 Å². The fourth-order valence-electron chi connectivity index (χ4n) is 2.62. The molecular weight excluding hydrogens is 275 g/mol. The molecule has 2 rings (SSSR count). The Labute approximate surface area is 123 Å². The van der Waals surface area contributed by atoms with Crippen molar-refractivity contribution in [3.63, 3.8) is 0 Å². The molecule has 0 atom stereocenters. The first kappa shape index (κ1) is 15.5. The summed E-state index contributed by atoms with van der Waals surface area (Å²) in [5, 5.41) is 20.9. The zero-order chi connectivity index (χ0) is 15.2. The quantitative estimate of drug-likeness (QED) is 0.325. The van der Waals surface area contributed by atoms with Crippen LogP contribution < -0.4 is 10.6 Å². The van der Waals surface area contributed by atoms with Crippen molar-refractivity contribution in [2.75, 3.05) is 44.2 Å². The Kier molecular flexibility index (Phi) is 5.35. The minimum Gasteiger partial charge on any atom is -0.409 e. The second kappa shape index (κ2) is 7.24. The normalized spacial score (nSPS) is 17.8. The molecule has 1 aliphatic heterocycles. The highest BCUT2D eigenvalue weighted by atomic mass is 19.1. The Bertz CT molecular complexity index is 510. The third kappa shape index (κ3) is 3.83. The average molecular weight is 296 g/mol. The highest BCUT2D eigenvalue weighted by Crippen LogP contribution is 2.23. The van der Waals surface area contributed by atoms with E-state index in [1.165, 1.54) is 12.1 Å². The lowest BCUT2D eigenvalue weighted by molar-refractivity contribution is 0.204. The number of anilines is 1. The van der Waals surface area contributed by atoms with Crippen molar-refractivity contribution in [1.82, 2.24) is 4.90 Å². The molecule has 7 heteroatoms. The van der Waals surface area contributed by atoms with Crippen LogP contribution in [-0.4, -0.2) is 60.4 Å². The fraction of sp³-hybridized carbons (Fsp3) is 0.500. The molecule has 1 saturated heterocycles. The Morgan fingerprint density at radius 2 is 2.10 bits per heavy atom. The molecule has 0 bridgehead atoms. The van der Waals surface area contributed by atoms with E-state index in [1.54, 1.807) is 6.07 Å². The van der Waals surface area contributed by atoms with Crippen LogP contribution in [0.1, 0.15) is 12.0 Å². The Morgan fingerprint density at radius 3 is 2.81 bits per heavy atom. The number of halogens is 1. The van der Waals surface area contributed by atoms with Crippen molar-refractivity contribution in [1.29, 1.82) is 0 Å². The van der Waals surface area contributed by atoms with Crippen LogP contribution in [0.2, 0.25) is 0 Å². The molecule has 1 fully saturated rings. The summed E-state index contributed by atoms with van der Waals surface area (Å²) >= 11 is 0. The van der Waals surface area contributed by atoms with Gasteiger partial charge in [0.2, 0.25) is 0 Å². The van der Waals surface area contributed by atoms with Gasteiger partial charge in [0.25, 0.3) is 0 Å². The average Bonchev–Trinajstić information content (AvgIpc) is 2.72. The lowest BCUT2D eigenvalue weighted by Gasteiger charge is -2.25. The van der Waals surface area contributed by atoms with Crippen LogP contribution in [0.15, 0.2) is 23.4 Å². The number of hydrogen-bond acceptors (Lipinski definition) is 5. The van der Waals surface area contributed by atoms with Gasteiger partial charge in [-0.1, -0.05) is 5.16 Å². The number of nitrogens with two attached hydrogens (primary N) is 1. The molecule has 116 valence electrons. The fourth-order valence-corrected chi connectivity index (χ4v) is 2.62. The van der Waals surface area contributed by atoms with E-state index < -0.39 is 5.82 Å². The minimum atomic E-state index is -0.419. The van der Waals surface area contributed by atoms with Gasteiger partial charge in [0.15, 0.2) is 5.84 Å². The zero-order valence-electron chi connectivity index (χ0n) is 11.9. The molecule has 4 N–H and O–H groups in total. The monoisotopic (exact) mass is 296 g/mol. The van der Waals surface area contributed by atoms with E-state index in [-0.39, 0.29) is 12.4 Å². The first-order valence-corrected chi connectivity index (χ1v) is 7.01. The topological polar surface area (TPSA) is 85.3 Å². The van der Waals surface area contributed by atoms with Gasteiger partial charge in [-0.05, 0) is 31.2 Å². The predicted molar refractivity (Wildman–Crippen MR) is 79.3 cm³/mol. The summed E-state index contributed by atoms with van der Waals surface area (Å²) < 4.78 is 13.4. The first-order chi connectivity index (χ1) is 10.2. The molecule has 0 aliphatic carbocycles. The third-order valence-electron chi connectivity index (χ3n) is 3.69. The first-order valence-electron chi connectivity index (χ1n) is 7.01. The largest absolute Gasteiger partial charge is 0.409 e. The van der Waals surface area contributed by atoms with Crippen LogP contribution in [0.25, 0.3) is 0 Å². The van der Waals surface area contributed by atoms with Crippen molar-refractivity contribution in [3.8, 4) is 0 Å². The molecule has 1 aromatic rings. The predicted octanol–water partition coefficient (Wildman–Crippen LogP) is 0.425. The van der Waals surface area contributed by atoms with Gasteiger partial charge >= 0.3 is 0 Å². The minimum absolute atomic E-state index is 0.0963. The molecule has 6 nitrogen and oxygen atoms in total. The molecule has 1 aliphatic rings. The maximum absolute atomic E-state index is 13.4. The number of oxime groups is 1. The van der Waals surface area contributed by atoms with Crippen LogP contribution >= 0.6 is 0 Å². The Balaban J connectivity index is 2.21. The number of aliphatic hydroxyl groups excluding tert-OH is 1. The Morgan fingerprint density at radius 1 is 1.29 bits per heavy atom. The summed E-state index contributed by atoms with van der Waals surface area (Å²) in [6.07, 6.45) is 0.937. The summed E-state index contributed by atoms with van der Waals surface area (Å²) in [6, 6.07) is 4.31. The standard InChI is InChI=1S/C14H21FN4O2/c15-11-2-3-13(12(10-11)14(16)17-21)19-5-1-4-18(6-7-19)8-9-20/h2-3,10,20-21H,1,4-9H2,(H2,16,17). The molecule has 1 aromatic carbocycles. The molecule has 0 spiro atoms. The Hall–Kier alpha value is -1.86. The number of nitrogens with zero attached hydrogens (tertiary/aromatic N) is 3. The van der Waals surface area contributed by atoms with Crippen molar-refractivity contribution in [2.24, 2.45) is 10.9 Å². The number of rotatable bonds is 4. The van der Waals surface area contributed by atoms with E-state index >= 15 is 0 Å². The van der Waals surface area contributed by atoms with E-state index in [1.807, 2.05) is 0 Å². The highest BCUT2D eigenvalue weighted by molar-refractivity contribution is 6.02. The lowest BCUT2D eigenvalue weighted by atomic mass is 10.1. The zero-order valence-corrected chi connectivity index (χ0v) is 11.9. The van der Waals surface area contributed by atoms with Gasteiger partial charge in [-0.2, -0.15) is 0 Å². The van der Waals surface area contributed by atoms with Crippen LogP contribution in [0.3, 0.4) is 0 Å². The maximum atomic E-state index is 13.4. The van der Waals surface area contributed by atoms with Gasteiger partial charge in [-0.25, -0.2) is 4.39 Å². The number of benzene rings is 1. The lowest BCUT2D eigenvalue weighted by Crippen LogP contribution is -2.33. The number of β-amino-alcohol motifs (C(OH)–C–C–N with tert-alkyl or cyclic N) is 1. The summed E-state index contributed by atoms with van der Waals surface area (Å²) in [5.74, 6) is -0.516. The second-order valence-electron chi connectivity index (χ2n) is 5.05. The SMILES string of the molecule is N/C(=N/O)c1cc(F)ccc1N1CCCN(CCO)CC1. The molecule has 21 heavy (non-hydrogen) atoms. The third-order valence-corrected chi connectivity index (χ3v) is 3.69. The van der Waals surface area contributed by atoms with Gasteiger partial charge < -0.3 is 20.9 Å². The molecule has 1 heterocycles. The maximum Gasteiger partial charge on any atom is 0.172 e. The van der Waals surface area contributed by atoms with Gasteiger partial charge in [0, 0.05) is 37.4 Å². The summed E-state index contributed by atoms with van der Waals surface area (Å²) in [4.78, 5) is 4.29. The van der Waals surface area contributed by atoms with Crippen molar-refractivity contribution in [3.05, 3.63) is 29.6 Å². The number of hydrogen-bond donors (Lipinski definition) is 3. The summed E-state index contributed by atoms with van der Waals surface area (Å²) in [7, 11) is 0. The molecule has 0 aromatic heterocycles. The van der Waals surface area contributed by atoms with Gasteiger partial charge in [-0.3, -0.25) is 4.90 Å². The molecule has 0 saturated carbocycles.